The molecule has 0 saturated carbocycles. The van der Waals surface area contributed by atoms with E-state index in [0.717, 1.165) is 22.6 Å². The van der Waals surface area contributed by atoms with Gasteiger partial charge in [-0.1, -0.05) is 6.07 Å². The molecular formula is C12H17N5OS. The molecule has 1 unspecified atom stereocenters. The van der Waals surface area contributed by atoms with Crippen LogP contribution in [0.5, 0.6) is 0 Å². The van der Waals surface area contributed by atoms with Crippen molar-refractivity contribution in [1.82, 2.24) is 19.7 Å². The van der Waals surface area contributed by atoms with Gasteiger partial charge >= 0.3 is 5.69 Å². The lowest BCUT2D eigenvalue weighted by atomic mass is 10.1. The molecule has 0 aliphatic heterocycles. The Kier molecular flexibility index (Phi) is 4.06. The minimum atomic E-state index is -0.228. The maximum atomic E-state index is 11.3. The van der Waals surface area contributed by atoms with Crippen LogP contribution >= 0.6 is 11.8 Å². The molecule has 1 atom stereocenters. The number of hydrogen-bond acceptors (Lipinski definition) is 5. The predicted molar refractivity (Wildman–Crippen MR) is 74.3 cm³/mol. The predicted octanol–water partition coefficient (Wildman–Crippen LogP) is 0.853. The lowest BCUT2D eigenvalue weighted by molar-refractivity contribution is 0.732. The highest BCUT2D eigenvalue weighted by Crippen LogP contribution is 2.26. The van der Waals surface area contributed by atoms with Crippen molar-refractivity contribution in [1.29, 1.82) is 0 Å². The fourth-order valence-electron chi connectivity index (χ4n) is 1.72. The van der Waals surface area contributed by atoms with Gasteiger partial charge in [0.1, 0.15) is 5.03 Å². The molecule has 0 aliphatic rings. The number of aromatic nitrogens is 4. The van der Waals surface area contributed by atoms with Crippen LogP contribution in [0.4, 0.5) is 0 Å². The SMILES string of the molecule is Cc1cc(CC(C)N)cnc1Sc1n[nH]c(=O)n1C. The maximum Gasteiger partial charge on any atom is 0.343 e. The first-order chi connectivity index (χ1) is 8.97. The Morgan fingerprint density at radius 1 is 1.58 bits per heavy atom. The normalized spacial score (nSPS) is 12.6. The van der Waals surface area contributed by atoms with Crippen LogP contribution in [0.3, 0.4) is 0 Å². The molecule has 0 spiro atoms. The second kappa shape index (κ2) is 5.58. The molecular weight excluding hydrogens is 262 g/mol. The molecule has 3 N–H and O–H groups in total. The van der Waals surface area contributed by atoms with Crippen molar-refractivity contribution in [3.8, 4) is 0 Å². The van der Waals surface area contributed by atoms with Crippen molar-refractivity contribution in [3.05, 3.63) is 33.9 Å². The van der Waals surface area contributed by atoms with Crippen molar-refractivity contribution in [3.63, 3.8) is 0 Å². The van der Waals surface area contributed by atoms with Gasteiger partial charge in [-0.2, -0.15) is 0 Å². The Morgan fingerprint density at radius 3 is 2.84 bits per heavy atom. The second-order valence-electron chi connectivity index (χ2n) is 4.62. The Hall–Kier alpha value is -1.60. The van der Waals surface area contributed by atoms with E-state index in [1.807, 2.05) is 20.0 Å². The van der Waals surface area contributed by atoms with Crippen LogP contribution in [-0.4, -0.2) is 25.8 Å². The van der Waals surface area contributed by atoms with E-state index in [1.54, 1.807) is 7.05 Å². The summed E-state index contributed by atoms with van der Waals surface area (Å²) in [7, 11) is 1.67. The number of nitrogens with two attached hydrogens (primary N) is 1. The number of aryl methyl sites for hydroxylation is 1. The van der Waals surface area contributed by atoms with Crippen LogP contribution in [0.25, 0.3) is 0 Å². The van der Waals surface area contributed by atoms with Gasteiger partial charge in [-0.15, -0.1) is 5.10 Å². The molecule has 19 heavy (non-hydrogen) atoms. The van der Waals surface area contributed by atoms with Gasteiger partial charge in [-0.25, -0.2) is 14.9 Å². The van der Waals surface area contributed by atoms with E-state index in [0.29, 0.717) is 5.16 Å². The van der Waals surface area contributed by atoms with E-state index >= 15 is 0 Å². The summed E-state index contributed by atoms with van der Waals surface area (Å²) in [6.45, 7) is 3.96. The van der Waals surface area contributed by atoms with Gasteiger partial charge in [0.15, 0.2) is 5.16 Å². The zero-order valence-corrected chi connectivity index (χ0v) is 12.0. The summed E-state index contributed by atoms with van der Waals surface area (Å²) in [5, 5.41) is 7.80. The van der Waals surface area contributed by atoms with Gasteiger partial charge in [-0.05, 0) is 43.2 Å². The third-order valence-electron chi connectivity index (χ3n) is 2.67. The van der Waals surface area contributed by atoms with Gasteiger partial charge in [-0.3, -0.25) is 4.57 Å². The molecule has 2 rings (SSSR count). The lowest BCUT2D eigenvalue weighted by Crippen LogP contribution is -2.18. The zero-order chi connectivity index (χ0) is 14.0. The van der Waals surface area contributed by atoms with Crippen LogP contribution < -0.4 is 11.4 Å². The summed E-state index contributed by atoms with van der Waals surface area (Å²) >= 11 is 1.37. The first-order valence-corrected chi connectivity index (χ1v) is 6.79. The standard InChI is InChI=1S/C12H17N5OS/c1-7-4-9(5-8(2)13)6-14-10(7)19-12-16-15-11(18)17(12)3/h4,6,8H,5,13H2,1-3H3,(H,15,18). The summed E-state index contributed by atoms with van der Waals surface area (Å²) in [4.78, 5) is 15.7. The van der Waals surface area contributed by atoms with E-state index < -0.39 is 0 Å². The van der Waals surface area contributed by atoms with E-state index in [9.17, 15) is 4.79 Å². The molecule has 0 aromatic carbocycles. The number of aromatic amines is 1. The van der Waals surface area contributed by atoms with E-state index in [1.165, 1.54) is 16.3 Å². The highest BCUT2D eigenvalue weighted by Gasteiger charge is 2.10. The molecule has 0 saturated heterocycles. The summed E-state index contributed by atoms with van der Waals surface area (Å²) in [5.41, 5.74) is 7.72. The molecule has 0 aliphatic carbocycles. The van der Waals surface area contributed by atoms with Crippen LogP contribution in [0, 0.1) is 6.92 Å². The van der Waals surface area contributed by atoms with E-state index in [2.05, 4.69) is 21.2 Å². The molecule has 7 heteroatoms. The maximum absolute atomic E-state index is 11.3. The van der Waals surface area contributed by atoms with Crippen LogP contribution in [-0.2, 0) is 13.5 Å². The number of rotatable bonds is 4. The Balaban J connectivity index is 2.22. The minimum absolute atomic E-state index is 0.117. The van der Waals surface area contributed by atoms with E-state index in [-0.39, 0.29) is 11.7 Å². The van der Waals surface area contributed by atoms with Crippen molar-refractivity contribution in [2.45, 2.75) is 36.5 Å². The number of pyridine rings is 1. The van der Waals surface area contributed by atoms with Gasteiger partial charge in [0.2, 0.25) is 0 Å². The largest absolute Gasteiger partial charge is 0.343 e. The van der Waals surface area contributed by atoms with Gasteiger partial charge in [0.05, 0.1) is 0 Å². The summed E-state index contributed by atoms with van der Waals surface area (Å²) in [5.74, 6) is 0. The molecule has 0 radical (unpaired) electrons. The fraction of sp³-hybridized carbons (Fsp3) is 0.417. The fourth-order valence-corrected chi connectivity index (χ4v) is 2.53. The van der Waals surface area contributed by atoms with E-state index in [4.69, 9.17) is 5.73 Å². The van der Waals surface area contributed by atoms with Crippen molar-refractivity contribution < 1.29 is 0 Å². The monoisotopic (exact) mass is 279 g/mol. The molecule has 2 aromatic heterocycles. The minimum Gasteiger partial charge on any atom is -0.328 e. The second-order valence-corrected chi connectivity index (χ2v) is 5.58. The molecule has 6 nitrogen and oxygen atoms in total. The topological polar surface area (TPSA) is 89.6 Å². The average Bonchev–Trinajstić information content (AvgIpc) is 2.64. The van der Waals surface area contributed by atoms with Crippen molar-refractivity contribution >= 4 is 11.8 Å². The van der Waals surface area contributed by atoms with Crippen LogP contribution in [0.2, 0.25) is 0 Å². The molecule has 0 bridgehead atoms. The van der Waals surface area contributed by atoms with Crippen molar-refractivity contribution in [2.24, 2.45) is 12.8 Å². The quantitative estimate of drug-likeness (QED) is 0.866. The lowest BCUT2D eigenvalue weighted by Gasteiger charge is -2.08. The molecule has 0 amide bonds. The van der Waals surface area contributed by atoms with Gasteiger partial charge in [0.25, 0.3) is 0 Å². The Morgan fingerprint density at radius 2 is 2.32 bits per heavy atom. The van der Waals surface area contributed by atoms with Crippen LogP contribution in [0.15, 0.2) is 27.2 Å². The number of nitrogens with zero attached hydrogens (tertiary/aromatic N) is 3. The van der Waals surface area contributed by atoms with Gasteiger partial charge in [0, 0.05) is 19.3 Å². The number of H-pyrrole nitrogens is 1. The highest BCUT2D eigenvalue weighted by molar-refractivity contribution is 7.99. The number of nitrogens with one attached hydrogen (secondary N) is 1. The summed E-state index contributed by atoms with van der Waals surface area (Å²) in [6.07, 6.45) is 2.63. The molecule has 102 valence electrons. The molecule has 2 heterocycles. The first-order valence-electron chi connectivity index (χ1n) is 5.97. The summed E-state index contributed by atoms with van der Waals surface area (Å²) < 4.78 is 1.46. The smallest absolute Gasteiger partial charge is 0.328 e. The summed E-state index contributed by atoms with van der Waals surface area (Å²) in [6, 6.07) is 2.19. The van der Waals surface area contributed by atoms with Crippen molar-refractivity contribution in [2.75, 3.05) is 0 Å². The highest BCUT2D eigenvalue weighted by atomic mass is 32.2. The first kappa shape index (κ1) is 13.8. The average molecular weight is 279 g/mol. The van der Waals surface area contributed by atoms with Gasteiger partial charge < -0.3 is 5.73 Å². The zero-order valence-electron chi connectivity index (χ0n) is 11.2. The third-order valence-corrected chi connectivity index (χ3v) is 3.84. The molecule has 0 fully saturated rings. The number of hydrogen-bond donors (Lipinski definition) is 2. The Labute approximate surface area is 115 Å². The third kappa shape index (κ3) is 3.24. The Bertz CT molecular complexity index is 631. The van der Waals surface area contributed by atoms with Crippen LogP contribution in [0.1, 0.15) is 18.1 Å². The molecule has 2 aromatic rings.